The molecule has 2 heterocycles. The number of nitrogens with zero attached hydrogens (tertiary/aromatic N) is 3. The van der Waals surface area contributed by atoms with E-state index in [4.69, 9.17) is 5.73 Å². The number of aromatic nitrogens is 2. The van der Waals surface area contributed by atoms with Crippen molar-refractivity contribution in [3.8, 4) is 0 Å². The van der Waals surface area contributed by atoms with Gasteiger partial charge in [0.15, 0.2) is 0 Å². The molecule has 2 amide bonds. The Morgan fingerprint density at radius 1 is 1.27 bits per heavy atom. The molecule has 1 saturated heterocycles. The minimum Gasteiger partial charge on any atom is -0.366 e. The van der Waals surface area contributed by atoms with Gasteiger partial charge in [-0.2, -0.15) is 5.10 Å². The summed E-state index contributed by atoms with van der Waals surface area (Å²) in [6.07, 6.45) is 3.95. The van der Waals surface area contributed by atoms with Crippen LogP contribution in [0.2, 0.25) is 0 Å². The Hall–Kier alpha value is -2.67. The van der Waals surface area contributed by atoms with Crippen LogP contribution in [-0.2, 0) is 7.05 Å². The van der Waals surface area contributed by atoms with E-state index in [1.54, 1.807) is 18.2 Å². The second kappa shape index (κ2) is 7.70. The number of carbonyl (C=O) groups excluding carboxylic acids is 2. The van der Waals surface area contributed by atoms with E-state index in [-0.39, 0.29) is 11.9 Å². The number of benzene rings is 1. The molecule has 0 spiro atoms. The normalized spacial score (nSPS) is 20.7. The number of hydrogen-bond donors (Lipinski definition) is 2. The topological polar surface area (TPSA) is 93.2 Å². The summed E-state index contributed by atoms with van der Waals surface area (Å²) >= 11 is 0. The summed E-state index contributed by atoms with van der Waals surface area (Å²) in [6, 6.07) is 8.75. The maximum absolute atomic E-state index is 12.5. The number of nitrogens with two attached hydrogens (primary N) is 1. The molecule has 26 heavy (non-hydrogen) atoms. The molecular weight excluding hydrogens is 330 g/mol. The van der Waals surface area contributed by atoms with E-state index in [0.29, 0.717) is 23.6 Å². The number of carbonyl (C=O) groups is 2. The maximum Gasteiger partial charge on any atom is 0.251 e. The summed E-state index contributed by atoms with van der Waals surface area (Å²) in [6.45, 7) is 1.60. The molecule has 7 heteroatoms. The number of hydrogen-bond acceptors (Lipinski definition) is 4. The van der Waals surface area contributed by atoms with Crippen molar-refractivity contribution in [2.45, 2.75) is 18.9 Å². The van der Waals surface area contributed by atoms with E-state index in [9.17, 15) is 9.59 Å². The first-order chi connectivity index (χ1) is 12.5. The van der Waals surface area contributed by atoms with Crippen molar-refractivity contribution in [2.75, 3.05) is 20.1 Å². The molecule has 1 aromatic heterocycles. The van der Waals surface area contributed by atoms with Crippen LogP contribution in [0.4, 0.5) is 0 Å². The van der Waals surface area contributed by atoms with Crippen molar-refractivity contribution in [1.29, 1.82) is 0 Å². The van der Waals surface area contributed by atoms with E-state index in [2.05, 4.69) is 22.4 Å². The van der Waals surface area contributed by atoms with Crippen LogP contribution in [-0.4, -0.2) is 46.6 Å². The van der Waals surface area contributed by atoms with Crippen LogP contribution in [0.3, 0.4) is 0 Å². The van der Waals surface area contributed by atoms with Gasteiger partial charge in [-0.15, -0.1) is 0 Å². The van der Waals surface area contributed by atoms with Crippen LogP contribution in [0.5, 0.6) is 0 Å². The van der Waals surface area contributed by atoms with Crippen molar-refractivity contribution in [2.24, 2.45) is 18.7 Å². The molecule has 3 rings (SSSR count). The predicted octanol–water partition coefficient (Wildman–Crippen LogP) is 1.33. The predicted molar refractivity (Wildman–Crippen MR) is 98.6 cm³/mol. The number of aryl methyl sites for hydroxylation is 1. The first-order valence-corrected chi connectivity index (χ1v) is 8.83. The molecule has 3 N–H and O–H groups in total. The third-order valence-corrected chi connectivity index (χ3v) is 5.10. The molecule has 0 aliphatic carbocycles. The van der Waals surface area contributed by atoms with E-state index in [0.717, 1.165) is 25.1 Å². The first kappa shape index (κ1) is 18.1. The average Bonchev–Trinajstić information content (AvgIpc) is 3.05. The molecule has 1 aliphatic rings. The van der Waals surface area contributed by atoms with Crippen LogP contribution in [0.25, 0.3) is 0 Å². The fourth-order valence-corrected chi connectivity index (χ4v) is 3.75. The van der Waals surface area contributed by atoms with Gasteiger partial charge in [-0.05, 0) is 56.6 Å². The summed E-state index contributed by atoms with van der Waals surface area (Å²) in [4.78, 5) is 26.1. The van der Waals surface area contributed by atoms with Gasteiger partial charge >= 0.3 is 0 Å². The van der Waals surface area contributed by atoms with Crippen LogP contribution in [0, 0.1) is 5.92 Å². The monoisotopic (exact) mass is 355 g/mol. The molecule has 0 unspecified atom stereocenters. The molecule has 1 fully saturated rings. The van der Waals surface area contributed by atoms with Gasteiger partial charge in [-0.3, -0.25) is 19.2 Å². The highest BCUT2D eigenvalue weighted by Crippen LogP contribution is 2.34. The molecule has 2 atom stereocenters. The maximum atomic E-state index is 12.5. The summed E-state index contributed by atoms with van der Waals surface area (Å²) in [7, 11) is 4.06. The van der Waals surface area contributed by atoms with Gasteiger partial charge in [0.2, 0.25) is 5.91 Å². The molecule has 1 aliphatic heterocycles. The Labute approximate surface area is 153 Å². The molecule has 0 bridgehead atoms. The van der Waals surface area contributed by atoms with Gasteiger partial charge < -0.3 is 11.1 Å². The number of piperidine rings is 1. The minimum atomic E-state index is -0.537. The lowest BCUT2D eigenvalue weighted by Crippen LogP contribution is -2.42. The third kappa shape index (κ3) is 3.77. The number of amides is 2. The molecule has 0 radical (unpaired) electrons. The Morgan fingerprint density at radius 2 is 2.04 bits per heavy atom. The molecule has 138 valence electrons. The van der Waals surface area contributed by atoms with Gasteiger partial charge in [-0.1, -0.05) is 6.07 Å². The molecule has 1 aromatic carbocycles. The summed E-state index contributed by atoms with van der Waals surface area (Å²) < 4.78 is 1.90. The van der Waals surface area contributed by atoms with E-state index < -0.39 is 5.91 Å². The zero-order chi connectivity index (χ0) is 18.7. The summed E-state index contributed by atoms with van der Waals surface area (Å²) in [5.74, 6) is -0.428. The van der Waals surface area contributed by atoms with Gasteiger partial charge in [0.25, 0.3) is 5.91 Å². The van der Waals surface area contributed by atoms with E-state index >= 15 is 0 Å². The lowest BCUT2D eigenvalue weighted by Gasteiger charge is -2.39. The first-order valence-electron chi connectivity index (χ1n) is 8.83. The van der Waals surface area contributed by atoms with E-state index in [1.807, 2.05) is 24.0 Å². The second-order valence-electron chi connectivity index (χ2n) is 6.86. The number of nitrogens with one attached hydrogen (secondary N) is 1. The van der Waals surface area contributed by atoms with Crippen LogP contribution < -0.4 is 11.1 Å². The highest BCUT2D eigenvalue weighted by atomic mass is 16.2. The zero-order valence-corrected chi connectivity index (χ0v) is 15.2. The quantitative estimate of drug-likeness (QED) is 0.846. The SMILES string of the molecule is CN1CCC[C@@H](CNC(=O)c2cccc(C(N)=O)c2)[C@@H]1c1ccnn1C. The van der Waals surface area contributed by atoms with Crippen LogP contribution in [0.15, 0.2) is 36.5 Å². The fourth-order valence-electron chi connectivity index (χ4n) is 3.75. The lowest BCUT2D eigenvalue weighted by molar-refractivity contribution is 0.0880. The van der Waals surface area contributed by atoms with Crippen LogP contribution >= 0.6 is 0 Å². The Kier molecular flexibility index (Phi) is 5.37. The Balaban J connectivity index is 1.71. The zero-order valence-electron chi connectivity index (χ0n) is 15.2. The summed E-state index contributed by atoms with van der Waals surface area (Å²) in [5, 5.41) is 7.31. The van der Waals surface area contributed by atoms with Gasteiger partial charge in [-0.25, -0.2) is 0 Å². The highest BCUT2D eigenvalue weighted by molar-refractivity contribution is 5.99. The summed E-state index contributed by atoms with van der Waals surface area (Å²) in [5.41, 5.74) is 7.23. The van der Waals surface area contributed by atoms with Gasteiger partial charge in [0, 0.05) is 30.9 Å². The standard InChI is InChI=1S/C19H25N5O2/c1-23-10-4-7-15(17(23)16-8-9-22-24(16)2)12-21-19(26)14-6-3-5-13(11-14)18(20)25/h3,5-6,8-9,11,15,17H,4,7,10,12H2,1-2H3,(H2,20,25)(H,21,26)/t15-,17+/m0/s1. The Morgan fingerprint density at radius 3 is 2.73 bits per heavy atom. The smallest absolute Gasteiger partial charge is 0.251 e. The fraction of sp³-hybridized carbons (Fsp3) is 0.421. The van der Waals surface area contributed by atoms with Gasteiger partial charge in [0.1, 0.15) is 0 Å². The average molecular weight is 355 g/mol. The van der Waals surface area contributed by atoms with Crippen LogP contribution in [0.1, 0.15) is 45.3 Å². The molecule has 7 nitrogen and oxygen atoms in total. The second-order valence-corrected chi connectivity index (χ2v) is 6.86. The molecular formula is C19H25N5O2. The highest BCUT2D eigenvalue weighted by Gasteiger charge is 2.32. The number of likely N-dealkylation sites (tertiary alicyclic amines) is 1. The molecule has 2 aromatic rings. The lowest BCUT2D eigenvalue weighted by atomic mass is 9.87. The number of rotatable bonds is 5. The Bertz CT molecular complexity index is 801. The largest absolute Gasteiger partial charge is 0.366 e. The minimum absolute atomic E-state index is 0.190. The molecule has 0 saturated carbocycles. The van der Waals surface area contributed by atoms with Crippen molar-refractivity contribution in [3.05, 3.63) is 53.3 Å². The van der Waals surface area contributed by atoms with Gasteiger partial charge in [0.05, 0.1) is 11.7 Å². The van der Waals surface area contributed by atoms with Crippen molar-refractivity contribution in [1.82, 2.24) is 20.0 Å². The third-order valence-electron chi connectivity index (χ3n) is 5.10. The van der Waals surface area contributed by atoms with E-state index in [1.165, 1.54) is 6.07 Å². The van der Waals surface area contributed by atoms with Crippen molar-refractivity contribution < 1.29 is 9.59 Å². The van der Waals surface area contributed by atoms with Crippen molar-refractivity contribution >= 4 is 11.8 Å². The number of primary amides is 1. The van der Waals surface area contributed by atoms with Crippen molar-refractivity contribution in [3.63, 3.8) is 0 Å².